The smallest absolute Gasteiger partial charge is 0.369 e. The highest BCUT2D eigenvalue weighted by Gasteiger charge is 2.26. The molecule has 96 valence electrons. The largest absolute Gasteiger partial charge is 0.390 e. The molecule has 3 N–H and O–H groups in total. The number of para-hydroxylation sites is 1. The van der Waals surface area contributed by atoms with Gasteiger partial charge < -0.3 is 11.1 Å². The van der Waals surface area contributed by atoms with Gasteiger partial charge in [0.1, 0.15) is 5.82 Å². The second-order valence-electron chi connectivity index (χ2n) is 3.74. The number of benzene rings is 1. The van der Waals surface area contributed by atoms with Gasteiger partial charge in [-0.1, -0.05) is 12.1 Å². The van der Waals surface area contributed by atoms with E-state index in [-0.39, 0.29) is 12.5 Å². The molecular weight excluding hydrogens is 245 g/mol. The zero-order chi connectivity index (χ0) is 13.2. The minimum absolute atomic E-state index is 0.0307. The van der Waals surface area contributed by atoms with Crippen LogP contribution in [0, 0.1) is 0 Å². The molecule has 0 unspecified atom stereocenters. The molecule has 0 radical (unpaired) electrons. The fourth-order valence-electron chi connectivity index (χ4n) is 1.55. The Hall–Kier alpha value is -2.05. The topological polar surface area (TPSA) is 63.8 Å². The van der Waals surface area contributed by atoms with Crippen LogP contribution >= 0.6 is 0 Å². The molecule has 1 aromatic heterocycles. The predicted octanol–water partition coefficient (Wildman–Crippen LogP) is 2.58. The first-order valence-corrected chi connectivity index (χ1v) is 5.28. The number of hydrogen-bond donors (Lipinski definition) is 2. The summed E-state index contributed by atoms with van der Waals surface area (Å²) in [4.78, 5) is 7.91. The molecule has 2 aromatic rings. The van der Waals surface area contributed by atoms with Gasteiger partial charge in [0.25, 0.3) is 0 Å². The molecule has 0 saturated heterocycles. The van der Waals surface area contributed by atoms with E-state index < -0.39 is 12.6 Å². The van der Waals surface area contributed by atoms with Crippen LogP contribution in [0.2, 0.25) is 0 Å². The number of aromatic nitrogens is 2. The standard InChI is InChI=1S/C11H11F3N4/c12-11(13,14)5-6-16-9-7-3-1-2-4-8(7)17-10(15)18-9/h1-4H,5-6H2,(H3,15,16,17,18). The lowest BCUT2D eigenvalue weighted by molar-refractivity contribution is -0.131. The Labute approximate surface area is 101 Å². The lowest BCUT2D eigenvalue weighted by Gasteiger charge is -2.10. The van der Waals surface area contributed by atoms with Crippen molar-refractivity contribution in [1.29, 1.82) is 0 Å². The monoisotopic (exact) mass is 256 g/mol. The van der Waals surface area contributed by atoms with Crippen molar-refractivity contribution in [2.75, 3.05) is 17.6 Å². The Morgan fingerprint density at radius 3 is 2.61 bits per heavy atom. The normalized spacial score (nSPS) is 11.7. The Bertz CT molecular complexity index is 553. The number of nitrogens with one attached hydrogen (secondary N) is 1. The molecule has 0 aliphatic heterocycles. The van der Waals surface area contributed by atoms with Crippen LogP contribution < -0.4 is 11.1 Å². The Morgan fingerprint density at radius 2 is 1.89 bits per heavy atom. The van der Waals surface area contributed by atoms with Gasteiger partial charge in [-0.2, -0.15) is 18.2 Å². The molecule has 0 saturated carbocycles. The maximum absolute atomic E-state index is 12.1. The highest BCUT2D eigenvalue weighted by molar-refractivity contribution is 5.89. The summed E-state index contributed by atoms with van der Waals surface area (Å²) in [5, 5.41) is 3.28. The van der Waals surface area contributed by atoms with Crippen LogP contribution in [-0.4, -0.2) is 22.7 Å². The van der Waals surface area contributed by atoms with Crippen molar-refractivity contribution in [2.24, 2.45) is 0 Å². The fraction of sp³-hybridized carbons (Fsp3) is 0.273. The Kier molecular flexibility index (Phi) is 3.22. The molecule has 0 aliphatic rings. The quantitative estimate of drug-likeness (QED) is 0.885. The van der Waals surface area contributed by atoms with E-state index in [1.807, 2.05) is 0 Å². The average Bonchev–Trinajstić information content (AvgIpc) is 2.27. The van der Waals surface area contributed by atoms with Gasteiger partial charge in [-0.05, 0) is 12.1 Å². The summed E-state index contributed by atoms with van der Waals surface area (Å²) in [5.41, 5.74) is 6.09. The van der Waals surface area contributed by atoms with Crippen molar-refractivity contribution in [2.45, 2.75) is 12.6 Å². The van der Waals surface area contributed by atoms with Crippen LogP contribution in [0.3, 0.4) is 0 Å². The minimum atomic E-state index is -4.19. The van der Waals surface area contributed by atoms with E-state index in [9.17, 15) is 13.2 Å². The summed E-state index contributed by atoms with van der Waals surface area (Å²) in [6.45, 7) is -0.246. The summed E-state index contributed by atoms with van der Waals surface area (Å²) >= 11 is 0. The van der Waals surface area contributed by atoms with E-state index in [2.05, 4.69) is 15.3 Å². The van der Waals surface area contributed by atoms with E-state index in [4.69, 9.17) is 5.73 Å². The molecule has 1 aromatic carbocycles. The van der Waals surface area contributed by atoms with E-state index in [1.165, 1.54) is 0 Å². The molecule has 4 nitrogen and oxygen atoms in total. The minimum Gasteiger partial charge on any atom is -0.369 e. The van der Waals surface area contributed by atoms with Crippen molar-refractivity contribution >= 4 is 22.7 Å². The number of hydrogen-bond acceptors (Lipinski definition) is 4. The molecule has 0 aliphatic carbocycles. The molecule has 0 amide bonds. The predicted molar refractivity (Wildman–Crippen MR) is 63.1 cm³/mol. The fourth-order valence-corrected chi connectivity index (χ4v) is 1.55. The number of nitrogens with two attached hydrogens (primary N) is 1. The molecule has 1 heterocycles. The summed E-state index contributed by atoms with van der Waals surface area (Å²) < 4.78 is 36.2. The van der Waals surface area contributed by atoms with Gasteiger partial charge in [0.05, 0.1) is 11.9 Å². The highest BCUT2D eigenvalue weighted by Crippen LogP contribution is 2.23. The van der Waals surface area contributed by atoms with Gasteiger partial charge in [0.15, 0.2) is 0 Å². The second kappa shape index (κ2) is 4.67. The molecule has 2 rings (SSSR count). The third-order valence-electron chi connectivity index (χ3n) is 2.32. The lowest BCUT2D eigenvalue weighted by Crippen LogP contribution is -2.15. The molecule has 0 spiro atoms. The molecule has 18 heavy (non-hydrogen) atoms. The molecule has 0 fully saturated rings. The first-order chi connectivity index (χ1) is 8.46. The zero-order valence-corrected chi connectivity index (χ0v) is 9.33. The molecule has 0 atom stereocenters. The summed E-state index contributed by atoms with van der Waals surface area (Å²) in [6.07, 6.45) is -5.12. The van der Waals surface area contributed by atoms with E-state index in [0.717, 1.165) is 0 Å². The number of rotatable bonds is 3. The Morgan fingerprint density at radius 1 is 1.17 bits per heavy atom. The van der Waals surface area contributed by atoms with Crippen LogP contribution in [-0.2, 0) is 0 Å². The van der Waals surface area contributed by atoms with Gasteiger partial charge in [-0.15, -0.1) is 0 Å². The van der Waals surface area contributed by atoms with Crippen molar-refractivity contribution in [3.05, 3.63) is 24.3 Å². The van der Waals surface area contributed by atoms with Crippen LogP contribution in [0.25, 0.3) is 10.9 Å². The first-order valence-electron chi connectivity index (χ1n) is 5.28. The van der Waals surface area contributed by atoms with Crippen molar-refractivity contribution in [3.8, 4) is 0 Å². The number of nitrogens with zero attached hydrogens (tertiary/aromatic N) is 2. The first kappa shape index (κ1) is 12.4. The SMILES string of the molecule is Nc1nc(NCCC(F)(F)F)c2ccccc2n1. The van der Waals surface area contributed by atoms with E-state index in [1.54, 1.807) is 24.3 Å². The van der Waals surface area contributed by atoms with Crippen molar-refractivity contribution in [3.63, 3.8) is 0 Å². The van der Waals surface area contributed by atoms with Crippen LogP contribution in [0.5, 0.6) is 0 Å². The second-order valence-corrected chi connectivity index (χ2v) is 3.74. The lowest BCUT2D eigenvalue weighted by atomic mass is 10.2. The van der Waals surface area contributed by atoms with Gasteiger partial charge in [0, 0.05) is 11.9 Å². The maximum Gasteiger partial charge on any atom is 0.390 e. The van der Waals surface area contributed by atoms with Gasteiger partial charge in [-0.25, -0.2) is 4.98 Å². The summed E-state index contributed by atoms with van der Waals surface area (Å²) in [6, 6.07) is 6.98. The maximum atomic E-state index is 12.1. The van der Waals surface area contributed by atoms with Gasteiger partial charge in [0.2, 0.25) is 5.95 Å². The number of fused-ring (bicyclic) bond motifs is 1. The number of nitrogen functional groups attached to an aromatic ring is 1. The zero-order valence-electron chi connectivity index (χ0n) is 9.33. The van der Waals surface area contributed by atoms with E-state index in [0.29, 0.717) is 16.7 Å². The van der Waals surface area contributed by atoms with Crippen molar-refractivity contribution < 1.29 is 13.2 Å². The van der Waals surface area contributed by atoms with Crippen LogP contribution in [0.1, 0.15) is 6.42 Å². The van der Waals surface area contributed by atoms with Crippen LogP contribution in [0.15, 0.2) is 24.3 Å². The molecule has 7 heteroatoms. The third kappa shape index (κ3) is 2.99. The Balaban J connectivity index is 2.22. The van der Waals surface area contributed by atoms with Gasteiger partial charge >= 0.3 is 6.18 Å². The molecule has 0 bridgehead atoms. The van der Waals surface area contributed by atoms with Gasteiger partial charge in [-0.3, -0.25) is 0 Å². The summed E-state index contributed by atoms with van der Waals surface area (Å²) in [5.74, 6) is 0.352. The van der Waals surface area contributed by atoms with Crippen molar-refractivity contribution in [1.82, 2.24) is 9.97 Å². The number of alkyl halides is 3. The highest BCUT2D eigenvalue weighted by atomic mass is 19.4. The summed E-state index contributed by atoms with van der Waals surface area (Å²) in [7, 11) is 0. The third-order valence-corrected chi connectivity index (χ3v) is 2.32. The number of halogens is 3. The number of anilines is 2. The molecular formula is C11H11F3N4. The van der Waals surface area contributed by atoms with E-state index >= 15 is 0 Å². The van der Waals surface area contributed by atoms with Crippen LogP contribution in [0.4, 0.5) is 24.9 Å². The average molecular weight is 256 g/mol.